The fourth-order valence-electron chi connectivity index (χ4n) is 2.12. The van der Waals surface area contributed by atoms with E-state index in [4.69, 9.17) is 12.2 Å². The number of rotatable bonds is 2. The van der Waals surface area contributed by atoms with Gasteiger partial charge in [0.05, 0.1) is 11.0 Å². The molecule has 3 aromatic rings. The average molecular weight is 310 g/mol. The van der Waals surface area contributed by atoms with Crippen molar-refractivity contribution in [2.24, 2.45) is 0 Å². The molecule has 3 N–H and O–H groups in total. The summed E-state index contributed by atoms with van der Waals surface area (Å²) in [6.07, 6.45) is 0. The zero-order valence-electron chi connectivity index (χ0n) is 11.9. The lowest BCUT2D eigenvalue weighted by Gasteiger charge is -2.08. The summed E-state index contributed by atoms with van der Waals surface area (Å²) in [5.41, 5.74) is 3.73. The molecule has 0 bridgehead atoms. The number of fused-ring (bicyclic) bond motifs is 1. The van der Waals surface area contributed by atoms with Crippen molar-refractivity contribution in [3.8, 4) is 11.4 Å². The number of H-pyrrole nitrogens is 1. The minimum absolute atomic E-state index is 0.198. The number of imidazole rings is 1. The minimum Gasteiger partial charge on any atom is -0.338 e. The van der Waals surface area contributed by atoms with Crippen molar-refractivity contribution in [2.75, 3.05) is 5.32 Å². The number of hydrogen-bond acceptors (Lipinski definition) is 3. The van der Waals surface area contributed by atoms with Gasteiger partial charge in [-0.25, -0.2) is 4.98 Å². The predicted molar refractivity (Wildman–Crippen MR) is 91.6 cm³/mol. The first kappa shape index (κ1) is 14.2. The number of benzene rings is 2. The van der Waals surface area contributed by atoms with Crippen LogP contribution in [-0.2, 0) is 4.79 Å². The molecular weight excluding hydrogens is 296 g/mol. The summed E-state index contributed by atoms with van der Waals surface area (Å²) in [7, 11) is 0. The third kappa shape index (κ3) is 3.12. The Morgan fingerprint density at radius 1 is 1.14 bits per heavy atom. The predicted octanol–water partition coefficient (Wildman–Crippen LogP) is 3.06. The molecule has 0 saturated carbocycles. The highest BCUT2D eigenvalue weighted by Gasteiger charge is 2.05. The molecule has 0 fully saturated rings. The van der Waals surface area contributed by atoms with E-state index in [0.717, 1.165) is 28.1 Å². The van der Waals surface area contributed by atoms with Gasteiger partial charge in [-0.1, -0.05) is 12.1 Å². The molecule has 2 aromatic carbocycles. The Morgan fingerprint density at radius 2 is 1.86 bits per heavy atom. The molecule has 1 amide bonds. The zero-order chi connectivity index (χ0) is 15.5. The fraction of sp³-hybridized carbons (Fsp3) is 0.0625. The van der Waals surface area contributed by atoms with E-state index in [1.807, 2.05) is 48.5 Å². The molecule has 0 unspecified atom stereocenters. The Labute approximate surface area is 132 Å². The van der Waals surface area contributed by atoms with Crippen LogP contribution in [-0.4, -0.2) is 21.0 Å². The number of aromatic amines is 1. The second kappa shape index (κ2) is 5.95. The lowest BCUT2D eigenvalue weighted by molar-refractivity contribution is -0.117. The highest BCUT2D eigenvalue weighted by atomic mass is 32.1. The molecule has 0 radical (unpaired) electrons. The lowest BCUT2D eigenvalue weighted by atomic mass is 10.2. The van der Waals surface area contributed by atoms with E-state index in [1.54, 1.807) is 0 Å². The number of carbonyl (C=O) groups is 1. The number of thiocarbonyl (C=S) groups is 1. The quantitative estimate of drug-likeness (QED) is 0.636. The second-order valence-electron chi connectivity index (χ2n) is 4.82. The molecule has 110 valence electrons. The standard InChI is InChI=1S/C16H14N4OS/c1-10(21)17-16(22)18-12-8-6-11(7-9-12)15-19-13-4-2-3-5-14(13)20-15/h2-9H,1H3,(H,19,20)(H2,17,18,21,22). The van der Waals surface area contributed by atoms with Crippen LogP contribution in [0.5, 0.6) is 0 Å². The Morgan fingerprint density at radius 3 is 2.55 bits per heavy atom. The van der Waals surface area contributed by atoms with Gasteiger partial charge >= 0.3 is 0 Å². The smallest absolute Gasteiger partial charge is 0.222 e. The van der Waals surface area contributed by atoms with Crippen LogP contribution in [0.25, 0.3) is 22.4 Å². The number of nitrogens with zero attached hydrogens (tertiary/aromatic N) is 1. The zero-order valence-corrected chi connectivity index (χ0v) is 12.7. The van der Waals surface area contributed by atoms with Crippen molar-refractivity contribution >= 4 is 40.0 Å². The van der Waals surface area contributed by atoms with Crippen molar-refractivity contribution in [1.82, 2.24) is 15.3 Å². The highest BCUT2D eigenvalue weighted by Crippen LogP contribution is 2.21. The average Bonchev–Trinajstić information content (AvgIpc) is 2.91. The van der Waals surface area contributed by atoms with Crippen molar-refractivity contribution in [3.63, 3.8) is 0 Å². The number of aromatic nitrogens is 2. The molecule has 6 heteroatoms. The van der Waals surface area contributed by atoms with Crippen LogP contribution in [0.15, 0.2) is 48.5 Å². The van der Waals surface area contributed by atoms with Crippen molar-refractivity contribution < 1.29 is 4.79 Å². The van der Waals surface area contributed by atoms with Gasteiger partial charge in [0.25, 0.3) is 0 Å². The number of para-hydroxylation sites is 2. The van der Waals surface area contributed by atoms with Gasteiger partial charge in [-0.2, -0.15) is 0 Å². The fourth-order valence-corrected chi connectivity index (χ4v) is 2.38. The van der Waals surface area contributed by atoms with E-state index in [-0.39, 0.29) is 11.0 Å². The molecule has 0 aliphatic rings. The van der Waals surface area contributed by atoms with Crippen LogP contribution in [0, 0.1) is 0 Å². The van der Waals surface area contributed by atoms with E-state index in [2.05, 4.69) is 20.6 Å². The van der Waals surface area contributed by atoms with E-state index in [0.29, 0.717) is 0 Å². The van der Waals surface area contributed by atoms with Crippen LogP contribution in [0.2, 0.25) is 0 Å². The first-order valence-corrected chi connectivity index (χ1v) is 7.16. The Bertz CT molecular complexity index is 806. The van der Waals surface area contributed by atoms with Crippen LogP contribution >= 0.6 is 12.2 Å². The van der Waals surface area contributed by atoms with Gasteiger partial charge in [0.1, 0.15) is 5.82 Å². The maximum Gasteiger partial charge on any atom is 0.222 e. The van der Waals surface area contributed by atoms with Gasteiger partial charge in [-0.05, 0) is 48.6 Å². The topological polar surface area (TPSA) is 69.8 Å². The normalized spacial score (nSPS) is 10.4. The van der Waals surface area contributed by atoms with Gasteiger partial charge in [-0.3, -0.25) is 4.79 Å². The highest BCUT2D eigenvalue weighted by molar-refractivity contribution is 7.80. The Kier molecular flexibility index (Phi) is 3.84. The summed E-state index contributed by atoms with van der Waals surface area (Å²) in [4.78, 5) is 18.8. The van der Waals surface area contributed by atoms with Gasteiger partial charge < -0.3 is 15.6 Å². The minimum atomic E-state index is -0.198. The summed E-state index contributed by atoms with van der Waals surface area (Å²) < 4.78 is 0. The maximum absolute atomic E-state index is 10.9. The van der Waals surface area contributed by atoms with E-state index in [9.17, 15) is 4.79 Å². The number of anilines is 1. The van der Waals surface area contributed by atoms with Crippen molar-refractivity contribution in [3.05, 3.63) is 48.5 Å². The number of carbonyl (C=O) groups excluding carboxylic acids is 1. The first-order valence-electron chi connectivity index (χ1n) is 6.75. The number of amides is 1. The molecule has 5 nitrogen and oxygen atoms in total. The van der Waals surface area contributed by atoms with E-state index < -0.39 is 0 Å². The van der Waals surface area contributed by atoms with Crippen LogP contribution in [0.4, 0.5) is 5.69 Å². The van der Waals surface area contributed by atoms with Crippen molar-refractivity contribution in [1.29, 1.82) is 0 Å². The molecule has 3 rings (SSSR count). The lowest BCUT2D eigenvalue weighted by Crippen LogP contribution is -2.32. The Hall–Kier alpha value is -2.73. The number of nitrogens with one attached hydrogen (secondary N) is 3. The first-order chi connectivity index (χ1) is 10.6. The Balaban J connectivity index is 1.79. The van der Waals surface area contributed by atoms with Crippen LogP contribution < -0.4 is 10.6 Å². The second-order valence-corrected chi connectivity index (χ2v) is 5.22. The van der Waals surface area contributed by atoms with Gasteiger partial charge in [0.2, 0.25) is 5.91 Å². The van der Waals surface area contributed by atoms with Gasteiger partial charge in [0, 0.05) is 18.2 Å². The molecule has 1 heterocycles. The van der Waals surface area contributed by atoms with Crippen LogP contribution in [0.3, 0.4) is 0 Å². The third-order valence-corrected chi connectivity index (χ3v) is 3.30. The molecule has 22 heavy (non-hydrogen) atoms. The molecule has 0 aliphatic carbocycles. The number of hydrogen-bond donors (Lipinski definition) is 3. The largest absolute Gasteiger partial charge is 0.338 e. The van der Waals surface area contributed by atoms with Gasteiger partial charge in [0.15, 0.2) is 5.11 Å². The summed E-state index contributed by atoms with van der Waals surface area (Å²) in [5, 5.41) is 5.75. The van der Waals surface area contributed by atoms with E-state index >= 15 is 0 Å². The molecular formula is C16H14N4OS. The van der Waals surface area contributed by atoms with Gasteiger partial charge in [-0.15, -0.1) is 0 Å². The third-order valence-electron chi connectivity index (χ3n) is 3.10. The molecule has 0 atom stereocenters. The molecule has 1 aromatic heterocycles. The van der Waals surface area contributed by atoms with E-state index in [1.165, 1.54) is 6.92 Å². The summed E-state index contributed by atoms with van der Waals surface area (Å²) in [5.74, 6) is 0.619. The maximum atomic E-state index is 10.9. The van der Waals surface area contributed by atoms with Crippen molar-refractivity contribution in [2.45, 2.75) is 6.92 Å². The molecule has 0 spiro atoms. The van der Waals surface area contributed by atoms with Crippen LogP contribution in [0.1, 0.15) is 6.92 Å². The molecule has 0 aliphatic heterocycles. The molecule has 0 saturated heterocycles. The monoisotopic (exact) mass is 310 g/mol. The summed E-state index contributed by atoms with van der Waals surface area (Å²) in [6.45, 7) is 1.42. The summed E-state index contributed by atoms with van der Waals surface area (Å²) in [6, 6.07) is 15.5. The SMILES string of the molecule is CC(=O)NC(=S)Nc1ccc(-c2nc3ccccc3[nH]2)cc1. The summed E-state index contributed by atoms with van der Waals surface area (Å²) >= 11 is 5.02.